The van der Waals surface area contributed by atoms with Gasteiger partial charge in [-0.3, -0.25) is 0 Å². The van der Waals surface area contributed by atoms with Crippen LogP contribution in [0.3, 0.4) is 0 Å². The summed E-state index contributed by atoms with van der Waals surface area (Å²) in [7, 11) is 1.75. The number of nitrogen functional groups attached to an aromatic ring is 1. The summed E-state index contributed by atoms with van der Waals surface area (Å²) in [6.45, 7) is 14.3. The van der Waals surface area contributed by atoms with Gasteiger partial charge in [0.25, 0.3) is 0 Å². The molecule has 0 aliphatic carbocycles. The van der Waals surface area contributed by atoms with Gasteiger partial charge in [-0.1, -0.05) is 13.0 Å². The second kappa shape index (κ2) is 11.1. The molecule has 0 heterocycles. The van der Waals surface area contributed by atoms with Gasteiger partial charge in [0, 0.05) is 25.3 Å². The Morgan fingerprint density at radius 3 is 2.30 bits per heavy atom. The largest absolute Gasteiger partial charge is 0.489 e. The fraction of sp³-hybridized carbons (Fsp3) is 0.625. The molecule has 0 bridgehead atoms. The minimum Gasteiger partial charge on any atom is -0.489 e. The second-order valence-corrected chi connectivity index (χ2v) is 9.45. The number of allylic oxidation sites excluding steroid dienone is 1. The van der Waals surface area contributed by atoms with Crippen LogP contribution in [-0.4, -0.2) is 41.9 Å². The molecule has 0 aliphatic rings. The molecular weight excluding hydrogens is 380 g/mol. The van der Waals surface area contributed by atoms with Crippen molar-refractivity contribution in [2.75, 3.05) is 19.3 Å². The highest BCUT2D eigenvalue weighted by Gasteiger charge is 2.24. The Hall–Kier alpha value is -2.37. The summed E-state index contributed by atoms with van der Waals surface area (Å²) in [5.41, 5.74) is 5.70. The highest BCUT2D eigenvalue weighted by Crippen LogP contribution is 2.25. The smallest absolute Gasteiger partial charge is 0.410 e. The molecule has 30 heavy (non-hydrogen) atoms. The Morgan fingerprint density at radius 1 is 1.13 bits per heavy atom. The van der Waals surface area contributed by atoms with E-state index in [0.717, 1.165) is 18.6 Å². The molecule has 2 N–H and O–H groups in total. The first-order valence-corrected chi connectivity index (χ1v) is 10.7. The number of hydrogen-bond donors (Lipinski definition) is 1. The molecular formula is C24H40N2O4. The summed E-state index contributed by atoms with van der Waals surface area (Å²) in [6, 6.07) is 7.38. The standard InChI is InChI=1S/C24H40N2O4/c1-9-12-21(29-23(2,3)4)20(28-19-14-10-13-18(25)17-19)15-11-16-26(8)22(27)30-24(5,6)7/h10,12-14,17,20H,9,11,15-16,25H2,1-8H3/b21-12+. The van der Waals surface area contributed by atoms with Crippen LogP contribution in [0.5, 0.6) is 5.75 Å². The van der Waals surface area contributed by atoms with E-state index in [9.17, 15) is 4.79 Å². The van der Waals surface area contributed by atoms with Crippen molar-refractivity contribution in [1.29, 1.82) is 0 Å². The van der Waals surface area contributed by atoms with E-state index in [1.807, 2.05) is 59.7 Å². The second-order valence-electron chi connectivity index (χ2n) is 9.45. The first kappa shape index (κ1) is 25.7. The van der Waals surface area contributed by atoms with E-state index in [1.165, 1.54) is 0 Å². The number of carbonyl (C=O) groups excluding carboxylic acids is 1. The van der Waals surface area contributed by atoms with Crippen molar-refractivity contribution in [3.8, 4) is 5.75 Å². The van der Waals surface area contributed by atoms with Crippen molar-refractivity contribution in [2.45, 2.75) is 85.0 Å². The third kappa shape index (κ3) is 10.4. The van der Waals surface area contributed by atoms with E-state index in [2.05, 4.69) is 13.0 Å². The van der Waals surface area contributed by atoms with Crippen LogP contribution in [0, 0.1) is 0 Å². The molecule has 0 aromatic heterocycles. The normalized spacial score (nSPS) is 13.5. The maximum Gasteiger partial charge on any atom is 0.410 e. The highest BCUT2D eigenvalue weighted by molar-refractivity contribution is 5.67. The van der Waals surface area contributed by atoms with Gasteiger partial charge < -0.3 is 24.8 Å². The highest BCUT2D eigenvalue weighted by atomic mass is 16.6. The molecule has 6 nitrogen and oxygen atoms in total. The summed E-state index contributed by atoms with van der Waals surface area (Å²) in [5, 5.41) is 0. The number of nitrogens with two attached hydrogens (primary N) is 1. The molecule has 6 heteroatoms. The maximum absolute atomic E-state index is 12.2. The molecule has 1 aromatic carbocycles. The van der Waals surface area contributed by atoms with E-state index < -0.39 is 5.60 Å². The lowest BCUT2D eigenvalue weighted by atomic mass is 10.1. The van der Waals surface area contributed by atoms with Gasteiger partial charge >= 0.3 is 6.09 Å². The molecule has 1 unspecified atom stereocenters. The van der Waals surface area contributed by atoms with Crippen LogP contribution in [0.1, 0.15) is 67.7 Å². The Balaban J connectivity index is 2.89. The van der Waals surface area contributed by atoms with Crippen molar-refractivity contribution in [2.24, 2.45) is 0 Å². The number of rotatable bonds is 9. The Morgan fingerprint density at radius 2 is 1.77 bits per heavy atom. The molecule has 1 aromatic rings. The molecule has 1 rings (SSSR count). The summed E-state index contributed by atoms with van der Waals surface area (Å²) in [6.07, 6.45) is 3.70. The lowest BCUT2D eigenvalue weighted by molar-refractivity contribution is 0.0107. The average Bonchev–Trinajstić information content (AvgIpc) is 2.58. The van der Waals surface area contributed by atoms with Gasteiger partial charge in [-0.25, -0.2) is 4.79 Å². The summed E-state index contributed by atoms with van der Waals surface area (Å²) >= 11 is 0. The van der Waals surface area contributed by atoms with Crippen LogP contribution in [0.25, 0.3) is 0 Å². The van der Waals surface area contributed by atoms with E-state index in [-0.39, 0.29) is 17.8 Å². The number of benzene rings is 1. The van der Waals surface area contributed by atoms with E-state index in [4.69, 9.17) is 19.9 Å². The summed E-state index contributed by atoms with van der Waals surface area (Å²) < 4.78 is 17.9. The van der Waals surface area contributed by atoms with Crippen LogP contribution in [0.2, 0.25) is 0 Å². The maximum atomic E-state index is 12.2. The van der Waals surface area contributed by atoms with Crippen molar-refractivity contribution >= 4 is 11.8 Å². The molecule has 0 saturated heterocycles. The predicted molar refractivity (Wildman–Crippen MR) is 123 cm³/mol. The Bertz CT molecular complexity index is 702. The van der Waals surface area contributed by atoms with Crippen LogP contribution in [-0.2, 0) is 9.47 Å². The first-order chi connectivity index (χ1) is 13.8. The molecule has 0 radical (unpaired) electrons. The van der Waals surface area contributed by atoms with Crippen molar-refractivity contribution in [1.82, 2.24) is 4.90 Å². The first-order valence-electron chi connectivity index (χ1n) is 10.7. The van der Waals surface area contributed by atoms with E-state index >= 15 is 0 Å². The van der Waals surface area contributed by atoms with E-state index in [0.29, 0.717) is 24.4 Å². The summed E-state index contributed by atoms with van der Waals surface area (Å²) in [4.78, 5) is 13.8. The molecule has 0 fully saturated rings. The number of hydrogen-bond acceptors (Lipinski definition) is 5. The van der Waals surface area contributed by atoms with Gasteiger partial charge in [0.2, 0.25) is 0 Å². The van der Waals surface area contributed by atoms with Crippen molar-refractivity contribution < 1.29 is 19.0 Å². The molecule has 0 saturated carbocycles. The predicted octanol–water partition coefficient (Wildman–Crippen LogP) is 5.77. The van der Waals surface area contributed by atoms with Crippen LogP contribution in [0.4, 0.5) is 10.5 Å². The number of amides is 1. The topological polar surface area (TPSA) is 74.0 Å². The van der Waals surface area contributed by atoms with E-state index in [1.54, 1.807) is 18.0 Å². The van der Waals surface area contributed by atoms with Crippen LogP contribution < -0.4 is 10.5 Å². The average molecular weight is 421 g/mol. The zero-order valence-corrected chi connectivity index (χ0v) is 20.0. The molecule has 0 spiro atoms. The van der Waals surface area contributed by atoms with Crippen molar-refractivity contribution in [3.05, 3.63) is 36.1 Å². The number of ether oxygens (including phenoxy) is 3. The number of nitrogens with zero attached hydrogens (tertiary/aromatic N) is 1. The molecule has 1 amide bonds. The lowest BCUT2D eigenvalue weighted by Crippen LogP contribution is -2.35. The minimum absolute atomic E-state index is 0.280. The lowest BCUT2D eigenvalue weighted by Gasteiger charge is -2.30. The van der Waals surface area contributed by atoms with Gasteiger partial charge in [0.05, 0.1) is 0 Å². The van der Waals surface area contributed by atoms with Gasteiger partial charge in [-0.2, -0.15) is 0 Å². The van der Waals surface area contributed by atoms with Gasteiger partial charge in [0.15, 0.2) is 6.10 Å². The zero-order chi connectivity index (χ0) is 22.9. The van der Waals surface area contributed by atoms with Crippen molar-refractivity contribution in [3.63, 3.8) is 0 Å². The number of carbonyl (C=O) groups is 1. The van der Waals surface area contributed by atoms with Crippen LogP contribution in [0.15, 0.2) is 36.1 Å². The fourth-order valence-corrected chi connectivity index (χ4v) is 2.75. The number of anilines is 1. The van der Waals surface area contributed by atoms with Gasteiger partial charge in [0.1, 0.15) is 22.7 Å². The van der Waals surface area contributed by atoms with Gasteiger partial charge in [-0.15, -0.1) is 0 Å². The molecule has 170 valence electrons. The zero-order valence-electron chi connectivity index (χ0n) is 20.0. The SMILES string of the molecule is CC/C=C(/OC(C)(C)C)C(CCCN(C)C(=O)OC(C)(C)C)Oc1cccc(N)c1. The Kier molecular flexibility index (Phi) is 9.53. The monoisotopic (exact) mass is 420 g/mol. The van der Waals surface area contributed by atoms with Crippen LogP contribution >= 0.6 is 0 Å². The van der Waals surface area contributed by atoms with Gasteiger partial charge in [-0.05, 0) is 79.0 Å². The third-order valence-corrected chi connectivity index (χ3v) is 3.95. The minimum atomic E-state index is -0.512. The third-order valence-electron chi connectivity index (χ3n) is 3.95. The Labute approximate surface area is 182 Å². The molecule has 0 aliphatic heterocycles. The fourth-order valence-electron chi connectivity index (χ4n) is 2.75. The summed E-state index contributed by atoms with van der Waals surface area (Å²) in [5.74, 6) is 1.49. The quantitative estimate of drug-likeness (QED) is 0.405. The molecule has 1 atom stereocenters.